The average Bonchev–Trinajstić information content (AvgIpc) is 2.02. The standard InChI is InChI=1S/C7H5ClF3N3/c8-5-4(6(12)13)1-3(2-14-5)7(9,10)11/h1-2H,(H3,12,13). The van der Waals surface area contributed by atoms with Crippen LogP contribution in [0.15, 0.2) is 12.3 Å². The minimum Gasteiger partial charge on any atom is -0.384 e. The molecule has 0 bridgehead atoms. The number of hydrogen-bond donors (Lipinski definition) is 2. The molecule has 0 saturated heterocycles. The van der Waals surface area contributed by atoms with E-state index in [1.54, 1.807) is 0 Å². The third kappa shape index (κ3) is 2.14. The number of hydrogen-bond acceptors (Lipinski definition) is 2. The maximum Gasteiger partial charge on any atom is 0.417 e. The van der Waals surface area contributed by atoms with E-state index in [0.717, 1.165) is 0 Å². The van der Waals surface area contributed by atoms with Gasteiger partial charge in [-0.05, 0) is 6.07 Å². The van der Waals surface area contributed by atoms with E-state index >= 15 is 0 Å². The number of rotatable bonds is 1. The second-order valence-electron chi connectivity index (χ2n) is 2.47. The van der Waals surface area contributed by atoms with Crippen molar-refractivity contribution in [2.24, 2.45) is 5.73 Å². The Morgan fingerprint density at radius 1 is 1.50 bits per heavy atom. The van der Waals surface area contributed by atoms with Crippen LogP contribution in [0.4, 0.5) is 13.2 Å². The van der Waals surface area contributed by atoms with Crippen LogP contribution in [-0.4, -0.2) is 10.8 Å². The van der Waals surface area contributed by atoms with Gasteiger partial charge in [-0.2, -0.15) is 13.2 Å². The predicted molar refractivity (Wildman–Crippen MR) is 45.3 cm³/mol. The second kappa shape index (κ2) is 3.45. The summed E-state index contributed by atoms with van der Waals surface area (Å²) in [4.78, 5) is 3.29. The highest BCUT2D eigenvalue weighted by atomic mass is 35.5. The maximum absolute atomic E-state index is 12.2. The number of halogens is 4. The molecule has 1 heterocycles. The molecule has 7 heteroatoms. The summed E-state index contributed by atoms with van der Waals surface area (Å²) in [5.41, 5.74) is 3.82. The van der Waals surface area contributed by atoms with E-state index in [1.165, 1.54) is 0 Å². The molecule has 0 radical (unpaired) electrons. The van der Waals surface area contributed by atoms with Crippen LogP contribution in [0.25, 0.3) is 0 Å². The quantitative estimate of drug-likeness (QED) is 0.435. The van der Waals surface area contributed by atoms with Crippen molar-refractivity contribution in [3.05, 3.63) is 28.5 Å². The Labute approximate surface area is 82.2 Å². The van der Waals surface area contributed by atoms with Crippen molar-refractivity contribution in [1.29, 1.82) is 5.41 Å². The van der Waals surface area contributed by atoms with Crippen molar-refractivity contribution in [2.45, 2.75) is 6.18 Å². The molecule has 0 atom stereocenters. The van der Waals surface area contributed by atoms with E-state index in [2.05, 4.69) is 4.98 Å². The molecule has 0 unspecified atom stereocenters. The summed E-state index contributed by atoms with van der Waals surface area (Å²) in [5.74, 6) is -0.548. The van der Waals surface area contributed by atoms with Gasteiger partial charge in [-0.3, -0.25) is 5.41 Å². The fourth-order valence-corrected chi connectivity index (χ4v) is 0.997. The number of alkyl halides is 3. The summed E-state index contributed by atoms with van der Waals surface area (Å²) < 4.78 is 36.5. The van der Waals surface area contributed by atoms with Crippen LogP contribution in [0.3, 0.4) is 0 Å². The summed E-state index contributed by atoms with van der Waals surface area (Å²) in [6.45, 7) is 0. The van der Waals surface area contributed by atoms with Crippen LogP contribution in [-0.2, 0) is 6.18 Å². The van der Waals surface area contributed by atoms with E-state index in [-0.39, 0.29) is 10.7 Å². The van der Waals surface area contributed by atoms with E-state index in [4.69, 9.17) is 22.7 Å². The zero-order valence-corrected chi connectivity index (χ0v) is 7.45. The number of nitrogen functional groups attached to an aromatic ring is 1. The van der Waals surface area contributed by atoms with Crippen LogP contribution in [0, 0.1) is 5.41 Å². The van der Waals surface area contributed by atoms with Crippen molar-refractivity contribution >= 4 is 17.4 Å². The lowest BCUT2D eigenvalue weighted by Crippen LogP contribution is -2.15. The Kier molecular flexibility index (Phi) is 2.66. The van der Waals surface area contributed by atoms with Crippen LogP contribution < -0.4 is 5.73 Å². The summed E-state index contributed by atoms with van der Waals surface area (Å²) in [7, 11) is 0. The average molecular weight is 224 g/mol. The van der Waals surface area contributed by atoms with Gasteiger partial charge in [0.05, 0.1) is 11.1 Å². The van der Waals surface area contributed by atoms with Gasteiger partial charge in [0.25, 0.3) is 0 Å². The van der Waals surface area contributed by atoms with Crippen LogP contribution in [0.5, 0.6) is 0 Å². The summed E-state index contributed by atoms with van der Waals surface area (Å²) >= 11 is 5.44. The largest absolute Gasteiger partial charge is 0.417 e. The third-order valence-corrected chi connectivity index (χ3v) is 1.76. The number of nitrogens with zero attached hydrogens (tertiary/aromatic N) is 1. The van der Waals surface area contributed by atoms with Gasteiger partial charge in [0.15, 0.2) is 0 Å². The molecular weight excluding hydrogens is 219 g/mol. The molecule has 0 spiro atoms. The van der Waals surface area contributed by atoms with E-state index in [1.807, 2.05) is 0 Å². The molecule has 0 aliphatic heterocycles. The van der Waals surface area contributed by atoms with Crippen molar-refractivity contribution in [2.75, 3.05) is 0 Å². The fourth-order valence-electron chi connectivity index (χ4n) is 0.792. The number of nitrogens with two attached hydrogens (primary N) is 1. The molecule has 3 N–H and O–H groups in total. The van der Waals surface area contributed by atoms with Crippen molar-refractivity contribution in [1.82, 2.24) is 4.98 Å². The molecule has 0 aliphatic rings. The first-order valence-corrected chi connectivity index (χ1v) is 3.77. The lowest BCUT2D eigenvalue weighted by Gasteiger charge is -2.08. The minimum atomic E-state index is -4.51. The van der Waals surface area contributed by atoms with Crippen LogP contribution in [0.1, 0.15) is 11.1 Å². The molecule has 14 heavy (non-hydrogen) atoms. The van der Waals surface area contributed by atoms with Crippen LogP contribution >= 0.6 is 11.6 Å². The zero-order valence-electron chi connectivity index (χ0n) is 6.69. The Bertz CT molecular complexity index is 375. The molecule has 0 saturated carbocycles. The Hall–Kier alpha value is -1.30. The fraction of sp³-hybridized carbons (Fsp3) is 0.143. The molecule has 76 valence electrons. The smallest absolute Gasteiger partial charge is 0.384 e. The molecule has 0 aliphatic carbocycles. The van der Waals surface area contributed by atoms with E-state index in [0.29, 0.717) is 12.3 Å². The first-order chi connectivity index (χ1) is 6.32. The highest BCUT2D eigenvalue weighted by molar-refractivity contribution is 6.32. The topological polar surface area (TPSA) is 62.8 Å². The Morgan fingerprint density at radius 2 is 2.07 bits per heavy atom. The molecular formula is C7H5ClF3N3. The highest BCUT2D eigenvalue weighted by Gasteiger charge is 2.31. The van der Waals surface area contributed by atoms with Gasteiger partial charge >= 0.3 is 6.18 Å². The Morgan fingerprint density at radius 3 is 2.50 bits per heavy atom. The minimum absolute atomic E-state index is 0.217. The number of aromatic nitrogens is 1. The van der Waals surface area contributed by atoms with Gasteiger partial charge in [-0.1, -0.05) is 11.6 Å². The summed E-state index contributed by atoms with van der Waals surface area (Å²) in [5, 5.41) is 6.75. The first kappa shape index (κ1) is 10.8. The lowest BCUT2D eigenvalue weighted by atomic mass is 10.2. The molecule has 0 amide bonds. The summed E-state index contributed by atoms with van der Waals surface area (Å²) in [6.07, 6.45) is -3.92. The molecule has 0 fully saturated rings. The van der Waals surface area contributed by atoms with Gasteiger partial charge < -0.3 is 5.73 Å². The SMILES string of the molecule is N=C(N)c1cc(C(F)(F)F)cnc1Cl. The molecule has 0 aromatic carbocycles. The van der Waals surface area contributed by atoms with Crippen molar-refractivity contribution in [3.63, 3.8) is 0 Å². The van der Waals surface area contributed by atoms with Crippen LogP contribution in [0.2, 0.25) is 5.15 Å². The Balaban J connectivity index is 3.27. The zero-order chi connectivity index (χ0) is 10.9. The van der Waals surface area contributed by atoms with Gasteiger partial charge in [-0.25, -0.2) is 4.98 Å². The number of pyridine rings is 1. The van der Waals surface area contributed by atoms with E-state index in [9.17, 15) is 13.2 Å². The normalized spacial score (nSPS) is 11.4. The van der Waals surface area contributed by atoms with Gasteiger partial charge in [-0.15, -0.1) is 0 Å². The number of amidine groups is 1. The predicted octanol–water partition coefficient (Wildman–Crippen LogP) is 2.04. The first-order valence-electron chi connectivity index (χ1n) is 3.39. The van der Waals surface area contributed by atoms with E-state index < -0.39 is 17.6 Å². The van der Waals surface area contributed by atoms with Crippen molar-refractivity contribution in [3.8, 4) is 0 Å². The summed E-state index contributed by atoms with van der Waals surface area (Å²) in [6, 6.07) is 0.692. The van der Waals surface area contributed by atoms with Gasteiger partial charge in [0, 0.05) is 6.20 Å². The molecule has 1 aromatic rings. The van der Waals surface area contributed by atoms with Crippen molar-refractivity contribution < 1.29 is 13.2 Å². The van der Waals surface area contributed by atoms with Gasteiger partial charge in [0.2, 0.25) is 0 Å². The van der Waals surface area contributed by atoms with Gasteiger partial charge in [0.1, 0.15) is 11.0 Å². The molecule has 1 aromatic heterocycles. The highest BCUT2D eigenvalue weighted by Crippen LogP contribution is 2.30. The maximum atomic E-state index is 12.2. The number of nitrogens with one attached hydrogen (secondary N) is 1. The molecule has 1 rings (SSSR count). The molecule has 3 nitrogen and oxygen atoms in total. The monoisotopic (exact) mass is 223 g/mol. The third-order valence-electron chi connectivity index (χ3n) is 1.46. The second-order valence-corrected chi connectivity index (χ2v) is 2.83. The lowest BCUT2D eigenvalue weighted by molar-refractivity contribution is -0.137.